The van der Waals surface area contributed by atoms with Gasteiger partial charge in [-0.3, -0.25) is 0 Å². The molecule has 1 aliphatic heterocycles. The molecule has 1 saturated heterocycles. The average Bonchev–Trinajstić information content (AvgIpc) is 2.74. The van der Waals surface area contributed by atoms with Gasteiger partial charge in [0.2, 0.25) is 11.9 Å². The highest BCUT2D eigenvalue weighted by molar-refractivity contribution is 5.36. The van der Waals surface area contributed by atoms with Crippen molar-refractivity contribution in [2.45, 2.75) is 32.4 Å². The summed E-state index contributed by atoms with van der Waals surface area (Å²) in [4.78, 5) is 14.3. The Kier molecular flexibility index (Phi) is 3.81. The summed E-state index contributed by atoms with van der Waals surface area (Å²) in [6, 6.07) is 0.514. The van der Waals surface area contributed by atoms with Crippen LogP contribution in [0.15, 0.2) is 0 Å². The van der Waals surface area contributed by atoms with Gasteiger partial charge in [-0.15, -0.1) is 0 Å². The van der Waals surface area contributed by atoms with Gasteiger partial charge in [0.1, 0.15) is 0 Å². The molecular weight excluding hydrogens is 234 g/mol. The van der Waals surface area contributed by atoms with Crippen LogP contribution >= 0.6 is 0 Å². The molecule has 0 aromatic carbocycles. The topological polar surface area (TPSA) is 86.4 Å². The summed E-state index contributed by atoms with van der Waals surface area (Å²) in [5.41, 5.74) is 5.66. The maximum Gasteiger partial charge on any atom is 0.323 e. The molecule has 0 bridgehead atoms. The molecular formula is C11H19N5O2. The Labute approximate surface area is 106 Å². The number of nitrogen functional groups attached to an aromatic ring is 1. The lowest BCUT2D eigenvalue weighted by Gasteiger charge is -2.26. The molecule has 0 aliphatic carbocycles. The van der Waals surface area contributed by atoms with E-state index in [0.717, 1.165) is 13.0 Å². The van der Waals surface area contributed by atoms with E-state index >= 15 is 0 Å². The first kappa shape index (κ1) is 12.8. The van der Waals surface area contributed by atoms with Crippen molar-refractivity contribution in [1.29, 1.82) is 0 Å². The number of likely N-dealkylation sites (N-methyl/N-ethyl adjacent to an activating group) is 1. The van der Waals surface area contributed by atoms with E-state index in [0.29, 0.717) is 12.6 Å². The smallest absolute Gasteiger partial charge is 0.323 e. The van der Waals surface area contributed by atoms with E-state index in [1.165, 1.54) is 0 Å². The van der Waals surface area contributed by atoms with Crippen molar-refractivity contribution in [3.8, 4) is 6.01 Å². The minimum atomic E-state index is 0.156. The SMILES string of the molecule is CCOc1nc(N)nc(N(C)C2CCOC2C)n1. The van der Waals surface area contributed by atoms with Crippen molar-refractivity contribution in [2.75, 3.05) is 30.9 Å². The van der Waals surface area contributed by atoms with Crippen LogP contribution in [0.3, 0.4) is 0 Å². The molecule has 7 nitrogen and oxygen atoms in total. The third-order valence-corrected chi connectivity index (χ3v) is 3.04. The Morgan fingerprint density at radius 2 is 2.22 bits per heavy atom. The second-order valence-corrected chi connectivity index (χ2v) is 4.25. The molecule has 0 saturated carbocycles. The van der Waals surface area contributed by atoms with Gasteiger partial charge in [-0.05, 0) is 20.3 Å². The Balaban J connectivity index is 2.21. The number of hydrogen-bond donors (Lipinski definition) is 1. The Morgan fingerprint density at radius 3 is 2.83 bits per heavy atom. The first-order chi connectivity index (χ1) is 8.61. The lowest BCUT2D eigenvalue weighted by molar-refractivity contribution is 0.118. The highest BCUT2D eigenvalue weighted by Crippen LogP contribution is 2.22. The number of ether oxygens (including phenoxy) is 2. The Bertz CT molecular complexity index is 414. The van der Waals surface area contributed by atoms with Crippen molar-refractivity contribution in [2.24, 2.45) is 0 Å². The van der Waals surface area contributed by atoms with Crippen molar-refractivity contribution in [3.63, 3.8) is 0 Å². The lowest BCUT2D eigenvalue weighted by atomic mass is 10.1. The molecule has 0 radical (unpaired) electrons. The van der Waals surface area contributed by atoms with Gasteiger partial charge in [-0.25, -0.2) is 0 Å². The van der Waals surface area contributed by atoms with Crippen LogP contribution < -0.4 is 15.4 Å². The van der Waals surface area contributed by atoms with E-state index in [1.54, 1.807) is 0 Å². The predicted molar refractivity (Wildman–Crippen MR) is 67.6 cm³/mol. The zero-order valence-electron chi connectivity index (χ0n) is 11.0. The Morgan fingerprint density at radius 1 is 1.44 bits per heavy atom. The van der Waals surface area contributed by atoms with Crippen LogP contribution in [-0.2, 0) is 4.74 Å². The number of hydrogen-bond acceptors (Lipinski definition) is 7. The molecule has 2 unspecified atom stereocenters. The highest BCUT2D eigenvalue weighted by Gasteiger charge is 2.29. The van der Waals surface area contributed by atoms with Gasteiger partial charge in [-0.2, -0.15) is 15.0 Å². The third kappa shape index (κ3) is 2.61. The zero-order valence-corrected chi connectivity index (χ0v) is 11.0. The van der Waals surface area contributed by atoms with Gasteiger partial charge in [0.05, 0.1) is 18.8 Å². The van der Waals surface area contributed by atoms with Gasteiger partial charge in [0, 0.05) is 13.7 Å². The van der Waals surface area contributed by atoms with Crippen molar-refractivity contribution >= 4 is 11.9 Å². The van der Waals surface area contributed by atoms with E-state index < -0.39 is 0 Å². The number of nitrogens with two attached hydrogens (primary N) is 1. The second kappa shape index (κ2) is 5.34. The standard InChI is InChI=1S/C11H19N5O2/c1-4-17-11-14-9(12)13-10(15-11)16(3)8-5-6-18-7(8)2/h7-8H,4-6H2,1-3H3,(H2,12,13,14,15). The van der Waals surface area contributed by atoms with Crippen LogP contribution in [0.1, 0.15) is 20.3 Å². The average molecular weight is 253 g/mol. The van der Waals surface area contributed by atoms with Crippen molar-refractivity contribution in [1.82, 2.24) is 15.0 Å². The number of nitrogens with zero attached hydrogens (tertiary/aromatic N) is 4. The molecule has 1 aromatic rings. The minimum Gasteiger partial charge on any atom is -0.464 e. The van der Waals surface area contributed by atoms with Gasteiger partial charge in [0.15, 0.2) is 0 Å². The summed E-state index contributed by atoms with van der Waals surface area (Å²) in [7, 11) is 1.93. The molecule has 18 heavy (non-hydrogen) atoms. The lowest BCUT2D eigenvalue weighted by Crippen LogP contribution is -2.38. The van der Waals surface area contributed by atoms with E-state index in [-0.39, 0.29) is 24.1 Å². The van der Waals surface area contributed by atoms with Gasteiger partial charge in [-0.1, -0.05) is 0 Å². The fourth-order valence-corrected chi connectivity index (χ4v) is 2.09. The summed E-state index contributed by atoms with van der Waals surface area (Å²) in [6.45, 7) is 5.17. The van der Waals surface area contributed by atoms with Crippen molar-refractivity contribution in [3.05, 3.63) is 0 Å². The molecule has 2 rings (SSSR count). The monoisotopic (exact) mass is 253 g/mol. The van der Waals surface area contributed by atoms with Crippen LogP contribution in [0.2, 0.25) is 0 Å². The van der Waals surface area contributed by atoms with Crippen LogP contribution in [0.4, 0.5) is 11.9 Å². The molecule has 7 heteroatoms. The first-order valence-electron chi connectivity index (χ1n) is 6.10. The van der Waals surface area contributed by atoms with E-state index in [4.69, 9.17) is 15.2 Å². The molecule has 2 heterocycles. The van der Waals surface area contributed by atoms with Gasteiger partial charge >= 0.3 is 6.01 Å². The van der Waals surface area contributed by atoms with E-state index in [1.807, 2.05) is 25.8 Å². The minimum absolute atomic E-state index is 0.156. The normalized spacial score (nSPS) is 23.1. The maximum atomic E-state index is 5.66. The summed E-state index contributed by atoms with van der Waals surface area (Å²) in [6.07, 6.45) is 1.11. The van der Waals surface area contributed by atoms with Crippen LogP contribution in [0, 0.1) is 0 Å². The summed E-state index contributed by atoms with van der Waals surface area (Å²) >= 11 is 0. The van der Waals surface area contributed by atoms with E-state index in [2.05, 4.69) is 15.0 Å². The third-order valence-electron chi connectivity index (χ3n) is 3.04. The summed E-state index contributed by atoms with van der Waals surface area (Å²) in [5.74, 6) is 0.690. The number of rotatable bonds is 4. The molecule has 1 fully saturated rings. The van der Waals surface area contributed by atoms with Crippen LogP contribution in [-0.4, -0.2) is 47.4 Å². The maximum absolute atomic E-state index is 5.66. The Hall–Kier alpha value is -1.63. The fourth-order valence-electron chi connectivity index (χ4n) is 2.09. The molecule has 2 N–H and O–H groups in total. The quantitative estimate of drug-likeness (QED) is 0.834. The van der Waals surface area contributed by atoms with Gasteiger partial charge < -0.3 is 20.1 Å². The zero-order chi connectivity index (χ0) is 13.1. The van der Waals surface area contributed by atoms with Crippen LogP contribution in [0.25, 0.3) is 0 Å². The summed E-state index contributed by atoms with van der Waals surface area (Å²) in [5, 5.41) is 0. The predicted octanol–water partition coefficient (Wildman–Crippen LogP) is 0.466. The molecule has 1 aliphatic rings. The molecule has 2 atom stereocenters. The van der Waals surface area contributed by atoms with Crippen LogP contribution in [0.5, 0.6) is 6.01 Å². The largest absolute Gasteiger partial charge is 0.464 e. The van der Waals surface area contributed by atoms with Gasteiger partial charge in [0.25, 0.3) is 0 Å². The van der Waals surface area contributed by atoms with Crippen molar-refractivity contribution < 1.29 is 9.47 Å². The number of anilines is 2. The fraction of sp³-hybridized carbons (Fsp3) is 0.727. The molecule has 0 spiro atoms. The van der Waals surface area contributed by atoms with E-state index in [9.17, 15) is 0 Å². The second-order valence-electron chi connectivity index (χ2n) is 4.25. The number of aromatic nitrogens is 3. The summed E-state index contributed by atoms with van der Waals surface area (Å²) < 4.78 is 10.8. The highest BCUT2D eigenvalue weighted by atomic mass is 16.5. The molecule has 100 valence electrons. The first-order valence-corrected chi connectivity index (χ1v) is 6.10. The molecule has 1 aromatic heterocycles. The molecule has 0 amide bonds.